The van der Waals surface area contributed by atoms with Crippen molar-refractivity contribution in [3.63, 3.8) is 0 Å². The standard InChI is InChI=1S/C12H7BrClN3O/c13-8-1-2-11(10(14)4-8)18-12-7(5-15)3-9(16)6-17-12/h1-4,6H,16H2. The van der Waals surface area contributed by atoms with Crippen molar-refractivity contribution in [1.29, 1.82) is 5.26 Å². The highest BCUT2D eigenvalue weighted by molar-refractivity contribution is 9.10. The summed E-state index contributed by atoms with van der Waals surface area (Å²) in [5.41, 5.74) is 6.21. The average Bonchev–Trinajstić information content (AvgIpc) is 2.34. The maximum absolute atomic E-state index is 8.97. The molecule has 2 N–H and O–H groups in total. The van der Waals surface area contributed by atoms with Crippen LogP contribution >= 0.6 is 27.5 Å². The van der Waals surface area contributed by atoms with Crippen molar-refractivity contribution in [2.75, 3.05) is 5.73 Å². The van der Waals surface area contributed by atoms with Crippen LogP contribution in [0.4, 0.5) is 5.69 Å². The minimum absolute atomic E-state index is 0.177. The molecule has 0 fully saturated rings. The summed E-state index contributed by atoms with van der Waals surface area (Å²) in [6, 6.07) is 8.63. The third kappa shape index (κ3) is 2.73. The molecule has 1 aromatic heterocycles. The Labute approximate surface area is 117 Å². The van der Waals surface area contributed by atoms with Crippen molar-refractivity contribution < 1.29 is 4.74 Å². The Kier molecular flexibility index (Phi) is 3.70. The molecule has 0 spiro atoms. The fourth-order valence-electron chi connectivity index (χ4n) is 1.29. The Morgan fingerprint density at radius 1 is 1.39 bits per heavy atom. The minimum atomic E-state index is 0.177. The first kappa shape index (κ1) is 12.7. The number of nitrogens with two attached hydrogens (primary N) is 1. The van der Waals surface area contributed by atoms with E-state index in [2.05, 4.69) is 20.9 Å². The smallest absolute Gasteiger partial charge is 0.237 e. The molecule has 0 radical (unpaired) electrons. The van der Waals surface area contributed by atoms with E-state index in [1.165, 1.54) is 12.3 Å². The van der Waals surface area contributed by atoms with Crippen LogP contribution in [0.25, 0.3) is 0 Å². The summed E-state index contributed by atoms with van der Waals surface area (Å²) in [7, 11) is 0. The Morgan fingerprint density at radius 3 is 2.83 bits per heavy atom. The van der Waals surface area contributed by atoms with Crippen LogP contribution in [-0.4, -0.2) is 4.98 Å². The van der Waals surface area contributed by atoms with Crippen molar-refractivity contribution in [3.05, 3.63) is 45.5 Å². The van der Waals surface area contributed by atoms with Crippen LogP contribution in [-0.2, 0) is 0 Å². The summed E-state index contributed by atoms with van der Waals surface area (Å²) >= 11 is 9.31. The Balaban J connectivity index is 2.37. The molecule has 0 aliphatic carbocycles. The Morgan fingerprint density at radius 2 is 2.17 bits per heavy atom. The maximum atomic E-state index is 8.97. The number of halogens is 2. The number of anilines is 1. The predicted molar refractivity (Wildman–Crippen MR) is 72.6 cm³/mol. The first-order valence-corrected chi connectivity index (χ1v) is 6.06. The van der Waals surface area contributed by atoms with Crippen molar-refractivity contribution in [2.24, 2.45) is 0 Å². The van der Waals surface area contributed by atoms with Gasteiger partial charge in [-0.15, -0.1) is 0 Å². The minimum Gasteiger partial charge on any atom is -0.436 e. The highest BCUT2D eigenvalue weighted by Crippen LogP contribution is 2.32. The zero-order valence-electron chi connectivity index (χ0n) is 9.02. The summed E-state index contributed by atoms with van der Waals surface area (Å²) in [5.74, 6) is 0.601. The zero-order valence-corrected chi connectivity index (χ0v) is 11.4. The summed E-state index contributed by atoms with van der Waals surface area (Å²) in [4.78, 5) is 3.97. The molecule has 1 aromatic carbocycles. The fraction of sp³-hybridized carbons (Fsp3) is 0. The van der Waals surface area contributed by atoms with Gasteiger partial charge in [-0.05, 0) is 24.3 Å². The van der Waals surface area contributed by atoms with Gasteiger partial charge in [0, 0.05) is 4.47 Å². The molecule has 4 nitrogen and oxygen atoms in total. The van der Waals surface area contributed by atoms with E-state index in [0.717, 1.165) is 4.47 Å². The molecule has 90 valence electrons. The number of nitriles is 1. The van der Waals surface area contributed by atoms with Gasteiger partial charge in [0.1, 0.15) is 17.4 Å². The fourth-order valence-corrected chi connectivity index (χ4v) is 2.00. The van der Waals surface area contributed by atoms with Gasteiger partial charge in [0.15, 0.2) is 0 Å². The van der Waals surface area contributed by atoms with E-state index in [0.29, 0.717) is 16.5 Å². The lowest BCUT2D eigenvalue weighted by Gasteiger charge is -2.08. The largest absolute Gasteiger partial charge is 0.436 e. The number of nitrogen functional groups attached to an aromatic ring is 1. The molecule has 18 heavy (non-hydrogen) atoms. The highest BCUT2D eigenvalue weighted by Gasteiger charge is 2.09. The third-order valence-corrected chi connectivity index (χ3v) is 2.88. The van der Waals surface area contributed by atoms with Gasteiger partial charge in [-0.2, -0.15) is 5.26 Å². The first-order valence-electron chi connectivity index (χ1n) is 4.88. The van der Waals surface area contributed by atoms with Crippen molar-refractivity contribution in [2.45, 2.75) is 0 Å². The van der Waals surface area contributed by atoms with Crippen LogP contribution < -0.4 is 10.5 Å². The SMILES string of the molecule is N#Cc1cc(N)cnc1Oc1ccc(Br)cc1Cl. The summed E-state index contributed by atoms with van der Waals surface area (Å²) < 4.78 is 6.34. The van der Waals surface area contributed by atoms with Gasteiger partial charge in [-0.1, -0.05) is 27.5 Å². The van der Waals surface area contributed by atoms with E-state index in [1.54, 1.807) is 18.2 Å². The number of hydrogen-bond donors (Lipinski definition) is 1. The van der Waals surface area contributed by atoms with Crippen molar-refractivity contribution in [1.82, 2.24) is 4.98 Å². The monoisotopic (exact) mass is 323 g/mol. The van der Waals surface area contributed by atoms with E-state index in [1.807, 2.05) is 6.07 Å². The molecule has 0 aliphatic rings. The van der Waals surface area contributed by atoms with Crippen LogP contribution in [0.3, 0.4) is 0 Å². The second-order valence-electron chi connectivity index (χ2n) is 3.41. The molecule has 1 heterocycles. The van der Waals surface area contributed by atoms with Crippen LogP contribution in [0.1, 0.15) is 5.56 Å². The predicted octanol–water partition coefficient (Wildman–Crippen LogP) is 3.74. The molecule has 6 heteroatoms. The molecule has 0 bridgehead atoms. The van der Waals surface area contributed by atoms with Gasteiger partial charge in [-0.25, -0.2) is 4.98 Å². The van der Waals surface area contributed by atoms with Crippen LogP contribution in [0.15, 0.2) is 34.9 Å². The van der Waals surface area contributed by atoms with Gasteiger partial charge >= 0.3 is 0 Å². The first-order chi connectivity index (χ1) is 8.60. The molecule has 0 saturated carbocycles. The summed E-state index contributed by atoms with van der Waals surface area (Å²) in [6.07, 6.45) is 1.42. The van der Waals surface area contributed by atoms with E-state index in [4.69, 9.17) is 27.3 Å². The van der Waals surface area contributed by atoms with Crippen LogP contribution in [0.5, 0.6) is 11.6 Å². The van der Waals surface area contributed by atoms with Crippen molar-refractivity contribution >= 4 is 33.2 Å². The molecule has 0 aliphatic heterocycles. The number of aromatic nitrogens is 1. The molecule has 0 amide bonds. The highest BCUT2D eigenvalue weighted by atomic mass is 79.9. The van der Waals surface area contributed by atoms with E-state index in [-0.39, 0.29) is 11.4 Å². The normalized spacial score (nSPS) is 9.83. The van der Waals surface area contributed by atoms with Gasteiger partial charge in [0.05, 0.1) is 16.9 Å². The lowest BCUT2D eigenvalue weighted by molar-refractivity contribution is 0.461. The molecule has 0 saturated heterocycles. The zero-order chi connectivity index (χ0) is 13.1. The van der Waals surface area contributed by atoms with Gasteiger partial charge in [-0.3, -0.25) is 0 Å². The molecule has 0 unspecified atom stereocenters. The number of ether oxygens (including phenoxy) is 1. The number of hydrogen-bond acceptors (Lipinski definition) is 4. The quantitative estimate of drug-likeness (QED) is 0.913. The van der Waals surface area contributed by atoms with Gasteiger partial charge < -0.3 is 10.5 Å². The topological polar surface area (TPSA) is 71.9 Å². The second-order valence-corrected chi connectivity index (χ2v) is 4.73. The van der Waals surface area contributed by atoms with E-state index >= 15 is 0 Å². The Hall–Kier alpha value is -1.77. The van der Waals surface area contributed by atoms with Crippen LogP contribution in [0.2, 0.25) is 5.02 Å². The third-order valence-electron chi connectivity index (χ3n) is 2.09. The lowest BCUT2D eigenvalue weighted by Crippen LogP contribution is -1.95. The number of benzene rings is 1. The molecular formula is C12H7BrClN3O. The van der Waals surface area contributed by atoms with Crippen molar-refractivity contribution in [3.8, 4) is 17.7 Å². The molecule has 0 atom stereocenters. The number of pyridine rings is 1. The maximum Gasteiger partial charge on any atom is 0.237 e. The van der Waals surface area contributed by atoms with E-state index in [9.17, 15) is 0 Å². The molecule has 2 aromatic rings. The molecular weight excluding hydrogens is 318 g/mol. The van der Waals surface area contributed by atoms with Gasteiger partial charge in [0.2, 0.25) is 5.88 Å². The van der Waals surface area contributed by atoms with Gasteiger partial charge in [0.25, 0.3) is 0 Å². The summed E-state index contributed by atoms with van der Waals surface area (Å²) in [6.45, 7) is 0. The average molecular weight is 325 g/mol. The lowest BCUT2D eigenvalue weighted by atomic mass is 10.3. The second kappa shape index (κ2) is 5.25. The molecule has 2 rings (SSSR count). The number of rotatable bonds is 2. The summed E-state index contributed by atoms with van der Waals surface area (Å²) in [5, 5.41) is 9.39. The van der Waals surface area contributed by atoms with E-state index < -0.39 is 0 Å². The number of nitrogens with zero attached hydrogens (tertiary/aromatic N) is 2. The van der Waals surface area contributed by atoms with Crippen LogP contribution in [0, 0.1) is 11.3 Å². The Bertz CT molecular complexity index is 640.